The molecule has 2 N–H and O–H groups in total. The zero-order valence-corrected chi connectivity index (χ0v) is 11.2. The summed E-state index contributed by atoms with van der Waals surface area (Å²) in [6.07, 6.45) is 0. The molecule has 88 valence electrons. The molecule has 4 heteroatoms. The molecular weight excluding hydrogens is 305 g/mol. The highest BCUT2D eigenvalue weighted by atomic mass is 79.9. The van der Waals surface area contributed by atoms with Crippen LogP contribution in [0.5, 0.6) is 0 Å². The van der Waals surface area contributed by atoms with Crippen molar-refractivity contribution in [3.05, 3.63) is 68.9 Å². The molecule has 2 rings (SSSR count). The minimum atomic E-state index is -0.314. The Kier molecular flexibility index (Phi) is 3.82. The molecule has 0 bridgehead atoms. The first-order chi connectivity index (χ1) is 8.06. The van der Waals surface area contributed by atoms with Crippen LogP contribution in [0.1, 0.15) is 17.2 Å². The van der Waals surface area contributed by atoms with Crippen LogP contribution in [-0.4, -0.2) is 0 Å². The first kappa shape index (κ1) is 12.6. The summed E-state index contributed by atoms with van der Waals surface area (Å²) in [6.45, 7) is 0. The van der Waals surface area contributed by atoms with E-state index in [0.717, 1.165) is 15.6 Å². The number of nitrogens with two attached hydrogens (primary N) is 1. The molecule has 0 fully saturated rings. The Hall–Kier alpha value is -0.900. The van der Waals surface area contributed by atoms with Crippen molar-refractivity contribution >= 4 is 27.5 Å². The highest BCUT2D eigenvalue weighted by Crippen LogP contribution is 2.26. The first-order valence-corrected chi connectivity index (χ1v) is 6.20. The fourth-order valence-electron chi connectivity index (χ4n) is 1.62. The average Bonchev–Trinajstić information content (AvgIpc) is 2.28. The minimum Gasteiger partial charge on any atom is -0.320 e. The van der Waals surface area contributed by atoms with Crippen molar-refractivity contribution in [2.24, 2.45) is 5.73 Å². The van der Waals surface area contributed by atoms with E-state index in [4.69, 9.17) is 17.3 Å². The topological polar surface area (TPSA) is 26.0 Å². The number of rotatable bonds is 2. The van der Waals surface area contributed by atoms with Gasteiger partial charge in [0, 0.05) is 9.50 Å². The van der Waals surface area contributed by atoms with E-state index in [-0.39, 0.29) is 11.9 Å². The molecule has 1 unspecified atom stereocenters. The van der Waals surface area contributed by atoms with Crippen LogP contribution < -0.4 is 5.73 Å². The average molecular weight is 315 g/mol. The van der Waals surface area contributed by atoms with Crippen LogP contribution in [0, 0.1) is 5.82 Å². The third-order valence-corrected chi connectivity index (χ3v) is 3.15. The lowest BCUT2D eigenvalue weighted by Crippen LogP contribution is -2.11. The second-order valence-electron chi connectivity index (χ2n) is 3.73. The molecular formula is C13H10BrClFN. The molecule has 0 spiro atoms. The highest BCUT2D eigenvalue weighted by Gasteiger charge is 2.10. The fraction of sp³-hybridized carbons (Fsp3) is 0.0769. The van der Waals surface area contributed by atoms with E-state index in [2.05, 4.69) is 15.9 Å². The van der Waals surface area contributed by atoms with E-state index in [1.165, 1.54) is 12.1 Å². The van der Waals surface area contributed by atoms with E-state index in [0.29, 0.717) is 5.02 Å². The van der Waals surface area contributed by atoms with Gasteiger partial charge in [-0.1, -0.05) is 39.7 Å². The van der Waals surface area contributed by atoms with Crippen molar-refractivity contribution in [1.82, 2.24) is 0 Å². The van der Waals surface area contributed by atoms with Crippen LogP contribution in [0.25, 0.3) is 0 Å². The zero-order valence-electron chi connectivity index (χ0n) is 8.83. The lowest BCUT2D eigenvalue weighted by Gasteiger charge is -2.13. The van der Waals surface area contributed by atoms with Crippen molar-refractivity contribution in [3.63, 3.8) is 0 Å². The molecule has 2 aromatic rings. The maximum atomic E-state index is 12.8. The molecule has 0 saturated carbocycles. The molecule has 0 heterocycles. The maximum Gasteiger partial charge on any atom is 0.123 e. The molecule has 1 atom stereocenters. The van der Waals surface area contributed by atoms with Gasteiger partial charge in [-0.3, -0.25) is 0 Å². The standard InChI is InChI=1S/C13H10BrClFN/c14-10-5-9(6-11(15)7-10)13(17)8-1-3-12(16)4-2-8/h1-7,13H,17H2. The SMILES string of the molecule is NC(c1ccc(F)cc1)c1cc(Cl)cc(Br)c1. The summed E-state index contributed by atoms with van der Waals surface area (Å²) in [5.74, 6) is -0.270. The van der Waals surface area contributed by atoms with Crippen LogP contribution in [-0.2, 0) is 0 Å². The van der Waals surface area contributed by atoms with Gasteiger partial charge in [0.25, 0.3) is 0 Å². The Morgan fingerprint density at radius 3 is 2.29 bits per heavy atom. The summed E-state index contributed by atoms with van der Waals surface area (Å²) in [4.78, 5) is 0. The summed E-state index contributed by atoms with van der Waals surface area (Å²) in [5.41, 5.74) is 7.84. The van der Waals surface area contributed by atoms with E-state index in [1.807, 2.05) is 6.07 Å². The summed E-state index contributed by atoms with van der Waals surface area (Å²) < 4.78 is 13.7. The van der Waals surface area contributed by atoms with Gasteiger partial charge in [-0.15, -0.1) is 0 Å². The summed E-state index contributed by atoms with van der Waals surface area (Å²) in [6, 6.07) is 11.3. The van der Waals surface area contributed by atoms with Crippen LogP contribution in [0.3, 0.4) is 0 Å². The number of halogens is 3. The van der Waals surface area contributed by atoms with Gasteiger partial charge in [-0.05, 0) is 41.5 Å². The maximum absolute atomic E-state index is 12.8. The van der Waals surface area contributed by atoms with Gasteiger partial charge in [-0.25, -0.2) is 4.39 Å². The van der Waals surface area contributed by atoms with Gasteiger partial charge in [0.15, 0.2) is 0 Å². The molecule has 2 aromatic carbocycles. The second-order valence-corrected chi connectivity index (χ2v) is 5.08. The molecule has 0 aliphatic rings. The molecule has 0 saturated heterocycles. The number of hydrogen-bond donors (Lipinski definition) is 1. The summed E-state index contributed by atoms with van der Waals surface area (Å²) >= 11 is 9.33. The molecule has 0 aliphatic heterocycles. The third-order valence-electron chi connectivity index (χ3n) is 2.47. The van der Waals surface area contributed by atoms with Crippen LogP contribution in [0.2, 0.25) is 5.02 Å². The molecule has 0 aromatic heterocycles. The van der Waals surface area contributed by atoms with E-state index in [1.54, 1.807) is 24.3 Å². The first-order valence-electron chi connectivity index (χ1n) is 5.03. The molecule has 0 amide bonds. The summed E-state index contributed by atoms with van der Waals surface area (Å²) in [7, 11) is 0. The number of hydrogen-bond acceptors (Lipinski definition) is 1. The van der Waals surface area contributed by atoms with Crippen molar-refractivity contribution in [2.75, 3.05) is 0 Å². The number of benzene rings is 2. The van der Waals surface area contributed by atoms with E-state index >= 15 is 0 Å². The van der Waals surface area contributed by atoms with Gasteiger partial charge in [0.1, 0.15) is 5.82 Å². The van der Waals surface area contributed by atoms with Crippen molar-refractivity contribution in [1.29, 1.82) is 0 Å². The summed E-state index contributed by atoms with van der Waals surface area (Å²) in [5, 5.41) is 0.618. The molecule has 1 nitrogen and oxygen atoms in total. The van der Waals surface area contributed by atoms with Gasteiger partial charge < -0.3 is 5.73 Å². The fourth-order valence-corrected chi connectivity index (χ4v) is 2.50. The zero-order chi connectivity index (χ0) is 12.4. The van der Waals surface area contributed by atoms with Gasteiger partial charge >= 0.3 is 0 Å². The van der Waals surface area contributed by atoms with Crippen LogP contribution >= 0.6 is 27.5 Å². The van der Waals surface area contributed by atoms with E-state index < -0.39 is 0 Å². The quantitative estimate of drug-likeness (QED) is 0.879. The van der Waals surface area contributed by atoms with Crippen molar-refractivity contribution in [2.45, 2.75) is 6.04 Å². The van der Waals surface area contributed by atoms with E-state index in [9.17, 15) is 4.39 Å². The molecule has 0 radical (unpaired) electrons. The van der Waals surface area contributed by atoms with Crippen molar-refractivity contribution in [3.8, 4) is 0 Å². The van der Waals surface area contributed by atoms with Gasteiger partial charge in [0.2, 0.25) is 0 Å². The lowest BCUT2D eigenvalue weighted by atomic mass is 10.00. The largest absolute Gasteiger partial charge is 0.320 e. The Morgan fingerprint density at radius 1 is 1.06 bits per heavy atom. The van der Waals surface area contributed by atoms with Crippen LogP contribution in [0.4, 0.5) is 4.39 Å². The van der Waals surface area contributed by atoms with Gasteiger partial charge in [-0.2, -0.15) is 0 Å². The smallest absolute Gasteiger partial charge is 0.123 e. The third kappa shape index (κ3) is 3.06. The predicted octanol–water partition coefficient (Wildman–Crippen LogP) is 4.29. The molecule has 0 aliphatic carbocycles. The predicted molar refractivity (Wildman–Crippen MR) is 71.6 cm³/mol. The Labute approximate surface area is 113 Å². The van der Waals surface area contributed by atoms with Gasteiger partial charge in [0.05, 0.1) is 6.04 Å². The second kappa shape index (κ2) is 5.17. The monoisotopic (exact) mass is 313 g/mol. The normalized spacial score (nSPS) is 12.5. The van der Waals surface area contributed by atoms with Crippen LogP contribution in [0.15, 0.2) is 46.9 Å². The Balaban J connectivity index is 2.36. The molecule has 17 heavy (non-hydrogen) atoms. The Morgan fingerprint density at radius 2 is 1.71 bits per heavy atom. The Bertz CT molecular complexity index is 507. The minimum absolute atomic E-state index is 0.270. The van der Waals surface area contributed by atoms with Crippen molar-refractivity contribution < 1.29 is 4.39 Å². The highest BCUT2D eigenvalue weighted by molar-refractivity contribution is 9.10. The lowest BCUT2D eigenvalue weighted by molar-refractivity contribution is 0.626.